The van der Waals surface area contributed by atoms with Crippen molar-refractivity contribution in [1.29, 1.82) is 0 Å². The lowest BCUT2D eigenvalue weighted by atomic mass is 9.97. The molecule has 5 unspecified atom stereocenters. The molecule has 0 N–H and O–H groups in total. The zero-order valence-electron chi connectivity index (χ0n) is 21.2. The first-order valence-corrected chi connectivity index (χ1v) is 12.2. The summed E-state index contributed by atoms with van der Waals surface area (Å²) >= 11 is 0. The van der Waals surface area contributed by atoms with Crippen LogP contribution in [0.2, 0.25) is 0 Å². The Morgan fingerprint density at radius 3 is 2.17 bits per heavy atom. The van der Waals surface area contributed by atoms with Crippen LogP contribution in [-0.4, -0.2) is 71.4 Å². The van der Waals surface area contributed by atoms with Crippen LogP contribution in [0.15, 0.2) is 30.3 Å². The first-order chi connectivity index (χ1) is 14.2. The normalized spacial score (nSPS) is 24.6. The largest absolute Gasteiger partial charge is 0.299 e. The maximum absolute atomic E-state index is 2.77. The standard InChI is InChI=1S/C26H48N4/c1-10-21(4)23(6)29(18-14-17-25-15-12-11-13-16-25)19-22(5)30-24(7)27(8)28(9)26(30)20(2)3/h11-13,15-16,20-24,26H,10,14,17-19H2,1-9H3. The molecule has 4 heteroatoms. The highest BCUT2D eigenvalue weighted by atomic mass is 15.8. The Balaban J connectivity index is 2.09. The van der Waals surface area contributed by atoms with Gasteiger partial charge in [0.1, 0.15) is 0 Å². The van der Waals surface area contributed by atoms with Crippen LogP contribution in [0.25, 0.3) is 0 Å². The Hall–Kier alpha value is -0.940. The van der Waals surface area contributed by atoms with Crippen molar-refractivity contribution in [3.8, 4) is 0 Å². The van der Waals surface area contributed by atoms with Crippen molar-refractivity contribution in [2.75, 3.05) is 27.2 Å². The second-order valence-electron chi connectivity index (χ2n) is 9.94. The van der Waals surface area contributed by atoms with E-state index < -0.39 is 0 Å². The van der Waals surface area contributed by atoms with Crippen molar-refractivity contribution in [2.45, 2.75) is 92.1 Å². The average Bonchev–Trinajstić information content (AvgIpc) is 2.96. The number of rotatable bonds is 11. The molecule has 0 saturated carbocycles. The summed E-state index contributed by atoms with van der Waals surface area (Å²) in [7, 11) is 4.47. The Bertz CT molecular complexity index is 604. The Kier molecular flexibility index (Phi) is 9.80. The van der Waals surface area contributed by atoms with Gasteiger partial charge in [0.15, 0.2) is 0 Å². The molecule has 1 fully saturated rings. The monoisotopic (exact) mass is 416 g/mol. The fraction of sp³-hybridized carbons (Fsp3) is 0.769. The second kappa shape index (κ2) is 11.6. The highest BCUT2D eigenvalue weighted by Crippen LogP contribution is 2.30. The maximum Gasteiger partial charge on any atom is 0.0796 e. The molecule has 0 spiro atoms. The first kappa shape index (κ1) is 25.3. The summed E-state index contributed by atoms with van der Waals surface area (Å²) in [5.74, 6) is 1.32. The van der Waals surface area contributed by atoms with Gasteiger partial charge in [-0.1, -0.05) is 64.4 Å². The molecule has 1 aromatic rings. The smallest absolute Gasteiger partial charge is 0.0796 e. The van der Waals surface area contributed by atoms with Crippen molar-refractivity contribution < 1.29 is 0 Å². The van der Waals surface area contributed by atoms with Gasteiger partial charge in [0.05, 0.1) is 12.3 Å². The van der Waals surface area contributed by atoms with Crippen molar-refractivity contribution in [1.82, 2.24) is 19.8 Å². The minimum Gasteiger partial charge on any atom is -0.299 e. The number of hydrazine groups is 1. The van der Waals surface area contributed by atoms with Crippen LogP contribution in [0.1, 0.15) is 66.9 Å². The van der Waals surface area contributed by atoms with Gasteiger partial charge in [0.25, 0.3) is 0 Å². The summed E-state index contributed by atoms with van der Waals surface area (Å²) in [4.78, 5) is 5.50. The van der Waals surface area contributed by atoms with Crippen LogP contribution in [-0.2, 0) is 6.42 Å². The third kappa shape index (κ3) is 6.06. The molecule has 172 valence electrons. The quantitative estimate of drug-likeness (QED) is 0.493. The van der Waals surface area contributed by atoms with Gasteiger partial charge in [-0.2, -0.15) is 0 Å². The van der Waals surface area contributed by atoms with Gasteiger partial charge in [-0.15, -0.1) is 0 Å². The van der Waals surface area contributed by atoms with Crippen molar-refractivity contribution >= 4 is 0 Å². The highest BCUT2D eigenvalue weighted by molar-refractivity contribution is 5.14. The molecule has 4 nitrogen and oxygen atoms in total. The fourth-order valence-electron chi connectivity index (χ4n) is 5.19. The van der Waals surface area contributed by atoms with E-state index in [0.717, 1.165) is 12.5 Å². The van der Waals surface area contributed by atoms with E-state index in [9.17, 15) is 0 Å². The minimum absolute atomic E-state index is 0.433. The van der Waals surface area contributed by atoms with Crippen LogP contribution in [0, 0.1) is 11.8 Å². The molecular weight excluding hydrogens is 368 g/mol. The number of benzene rings is 1. The Morgan fingerprint density at radius 2 is 1.60 bits per heavy atom. The molecule has 1 aliphatic heterocycles. The molecular formula is C26H48N4. The van der Waals surface area contributed by atoms with Crippen LogP contribution in [0.5, 0.6) is 0 Å². The summed E-state index contributed by atoms with van der Waals surface area (Å²) in [5, 5.41) is 4.84. The zero-order valence-corrected chi connectivity index (χ0v) is 21.2. The molecule has 1 aromatic carbocycles. The Labute approximate surface area is 187 Å². The van der Waals surface area contributed by atoms with E-state index in [1.54, 1.807) is 0 Å². The SMILES string of the molecule is CCC(C)C(C)N(CCCc1ccccc1)CC(C)N1C(C)N(C)N(C)C1C(C)C. The van der Waals surface area contributed by atoms with Gasteiger partial charge < -0.3 is 0 Å². The molecule has 5 atom stereocenters. The molecule has 30 heavy (non-hydrogen) atoms. The number of hydrogen-bond acceptors (Lipinski definition) is 4. The topological polar surface area (TPSA) is 13.0 Å². The molecule has 0 aromatic heterocycles. The van der Waals surface area contributed by atoms with E-state index in [-0.39, 0.29) is 0 Å². The van der Waals surface area contributed by atoms with Crippen molar-refractivity contribution in [3.63, 3.8) is 0 Å². The summed E-state index contributed by atoms with van der Waals surface area (Å²) in [5.41, 5.74) is 1.46. The van der Waals surface area contributed by atoms with Crippen LogP contribution >= 0.6 is 0 Å². The Morgan fingerprint density at radius 1 is 0.967 bits per heavy atom. The van der Waals surface area contributed by atoms with Crippen LogP contribution in [0.3, 0.4) is 0 Å². The van der Waals surface area contributed by atoms with Gasteiger partial charge in [-0.05, 0) is 57.6 Å². The van der Waals surface area contributed by atoms with Gasteiger partial charge in [0, 0.05) is 32.7 Å². The lowest BCUT2D eigenvalue weighted by molar-refractivity contribution is 0.00981. The molecule has 2 rings (SSSR count). The van der Waals surface area contributed by atoms with E-state index in [1.807, 2.05) is 0 Å². The second-order valence-corrected chi connectivity index (χ2v) is 9.94. The molecule has 0 radical (unpaired) electrons. The van der Waals surface area contributed by atoms with E-state index >= 15 is 0 Å². The first-order valence-electron chi connectivity index (χ1n) is 12.2. The lowest BCUT2D eigenvalue weighted by Crippen LogP contribution is -2.53. The van der Waals surface area contributed by atoms with Crippen molar-refractivity contribution in [3.05, 3.63) is 35.9 Å². The molecule has 0 bridgehead atoms. The molecule has 1 heterocycles. The predicted octanol–water partition coefficient (Wildman–Crippen LogP) is 5.17. The third-order valence-corrected chi connectivity index (χ3v) is 7.56. The lowest BCUT2D eigenvalue weighted by Gasteiger charge is -2.41. The fourth-order valence-corrected chi connectivity index (χ4v) is 5.19. The van der Waals surface area contributed by atoms with E-state index in [2.05, 4.69) is 113 Å². The third-order valence-electron chi connectivity index (χ3n) is 7.56. The van der Waals surface area contributed by atoms with Crippen LogP contribution < -0.4 is 0 Å². The number of aryl methyl sites for hydroxylation is 1. The van der Waals surface area contributed by atoms with Gasteiger partial charge in [-0.3, -0.25) is 9.80 Å². The number of hydrogen-bond donors (Lipinski definition) is 0. The highest BCUT2D eigenvalue weighted by Gasteiger charge is 2.43. The van der Waals surface area contributed by atoms with E-state index in [4.69, 9.17) is 0 Å². The molecule has 0 aliphatic carbocycles. The summed E-state index contributed by atoms with van der Waals surface area (Å²) in [6, 6.07) is 12.1. The average molecular weight is 417 g/mol. The minimum atomic E-state index is 0.433. The summed E-state index contributed by atoms with van der Waals surface area (Å²) in [6.07, 6.45) is 4.53. The maximum atomic E-state index is 2.77. The summed E-state index contributed by atoms with van der Waals surface area (Å²) < 4.78 is 0. The van der Waals surface area contributed by atoms with Gasteiger partial charge >= 0.3 is 0 Å². The van der Waals surface area contributed by atoms with Crippen molar-refractivity contribution in [2.24, 2.45) is 11.8 Å². The predicted molar refractivity (Wildman–Crippen MR) is 130 cm³/mol. The number of nitrogens with zero attached hydrogens (tertiary/aromatic N) is 4. The van der Waals surface area contributed by atoms with E-state index in [1.165, 1.54) is 31.4 Å². The van der Waals surface area contributed by atoms with Gasteiger partial charge in [0.2, 0.25) is 0 Å². The molecule has 1 aliphatic rings. The zero-order chi connectivity index (χ0) is 22.4. The molecule has 0 amide bonds. The van der Waals surface area contributed by atoms with Gasteiger partial charge in [-0.25, -0.2) is 10.0 Å². The summed E-state index contributed by atoms with van der Waals surface area (Å²) in [6.45, 7) is 19.0. The van der Waals surface area contributed by atoms with Crippen LogP contribution in [0.4, 0.5) is 0 Å². The molecule has 1 saturated heterocycles. The van der Waals surface area contributed by atoms with E-state index in [0.29, 0.717) is 30.3 Å².